The number of aromatic nitrogens is 2. The van der Waals surface area contributed by atoms with E-state index >= 15 is 0 Å². The Balaban J connectivity index is 0.838. The second-order valence-electron chi connectivity index (χ2n) is 13.7. The maximum atomic E-state index is 13.3. The van der Waals surface area contributed by atoms with E-state index in [1.54, 1.807) is 30.0 Å². The van der Waals surface area contributed by atoms with E-state index in [-0.39, 0.29) is 35.8 Å². The van der Waals surface area contributed by atoms with E-state index in [2.05, 4.69) is 20.2 Å². The first-order chi connectivity index (χ1) is 24.1. The Labute approximate surface area is 288 Å². The molecule has 5 aliphatic heterocycles. The lowest BCUT2D eigenvalue weighted by atomic mass is 9.94. The number of benzene rings is 2. The van der Waals surface area contributed by atoms with Crippen molar-refractivity contribution in [2.45, 2.75) is 24.9 Å². The molecule has 8 rings (SSSR count). The lowest BCUT2D eigenvalue weighted by Gasteiger charge is -2.51. The fourth-order valence-electron chi connectivity index (χ4n) is 7.77. The average molecular weight is 682 g/mol. The van der Waals surface area contributed by atoms with Gasteiger partial charge in [0.15, 0.2) is 0 Å². The lowest BCUT2D eigenvalue weighted by Crippen LogP contribution is -2.67. The Kier molecular flexibility index (Phi) is 7.73. The topological polar surface area (TPSA) is 167 Å². The molecule has 0 aliphatic carbocycles. The number of amides is 5. The van der Waals surface area contributed by atoms with Gasteiger partial charge in [-0.05, 0) is 30.7 Å². The fourth-order valence-corrected chi connectivity index (χ4v) is 7.77. The molecule has 3 N–H and O–H groups in total. The van der Waals surface area contributed by atoms with Gasteiger partial charge in [-0.1, -0.05) is 0 Å². The van der Waals surface area contributed by atoms with Crippen molar-refractivity contribution in [3.05, 3.63) is 53.9 Å². The number of ether oxygens (including phenoxy) is 1. The van der Waals surface area contributed by atoms with Crippen LogP contribution < -0.4 is 25.6 Å². The Bertz CT molecular complexity index is 1920. The molecule has 6 heterocycles. The van der Waals surface area contributed by atoms with Gasteiger partial charge in [0.2, 0.25) is 17.7 Å². The number of piperazine rings is 1. The Morgan fingerprint density at radius 1 is 0.920 bits per heavy atom. The van der Waals surface area contributed by atoms with E-state index in [1.165, 1.54) is 0 Å². The molecule has 4 saturated heterocycles. The molecule has 1 aromatic heterocycles. The summed E-state index contributed by atoms with van der Waals surface area (Å²) in [5.41, 5.74) is 11.2. The van der Waals surface area contributed by atoms with Gasteiger partial charge in [0.1, 0.15) is 11.8 Å². The third-order valence-corrected chi connectivity index (χ3v) is 10.7. The molecule has 3 aromatic rings. The number of hydrogen-bond donors (Lipinski definition) is 2. The molecular formula is C35H39N9O6. The zero-order valence-electron chi connectivity index (χ0n) is 28.0. The minimum atomic E-state index is -1.00. The number of rotatable bonds is 7. The lowest BCUT2D eigenvalue weighted by molar-refractivity contribution is -0.144. The zero-order chi connectivity index (χ0) is 34.8. The standard InChI is InChI=1S/C35H39N9O6/c1-39-15-20(14-37-39)25-12-27(36)30(50-2)13-29(25)41-9-7-40(8-10-41)23-18-43(19-23)33(47)21-16-42(17-21)22-3-4-24-26(11-22)35(49)44(34(24)48)28-5-6-31(45)38-32(28)46/h3-4,11-15,21,23,28H,5-10,16-19,36H2,1-2H3,(H,38,45,46). The second kappa shape index (κ2) is 12.2. The third-order valence-electron chi connectivity index (χ3n) is 10.7. The van der Waals surface area contributed by atoms with Crippen LogP contribution in [0.1, 0.15) is 33.6 Å². The molecule has 0 saturated carbocycles. The van der Waals surface area contributed by atoms with Gasteiger partial charge in [-0.3, -0.25) is 43.8 Å². The summed E-state index contributed by atoms with van der Waals surface area (Å²) in [4.78, 5) is 73.3. The molecule has 5 aliphatic rings. The number of methoxy groups -OCH3 is 1. The summed E-state index contributed by atoms with van der Waals surface area (Å²) < 4.78 is 7.32. The van der Waals surface area contributed by atoms with E-state index in [1.807, 2.05) is 41.4 Å². The molecule has 2 aromatic carbocycles. The van der Waals surface area contributed by atoms with Crippen LogP contribution in [-0.4, -0.2) is 126 Å². The number of piperidine rings is 1. The number of anilines is 3. The highest BCUT2D eigenvalue weighted by molar-refractivity contribution is 6.23. The molecule has 15 nitrogen and oxygen atoms in total. The smallest absolute Gasteiger partial charge is 0.262 e. The van der Waals surface area contributed by atoms with Gasteiger partial charge in [0.25, 0.3) is 11.8 Å². The predicted molar refractivity (Wildman–Crippen MR) is 183 cm³/mol. The van der Waals surface area contributed by atoms with Gasteiger partial charge in [-0.2, -0.15) is 5.10 Å². The first-order valence-corrected chi connectivity index (χ1v) is 16.9. The van der Waals surface area contributed by atoms with Crippen LogP contribution in [-0.2, 0) is 21.4 Å². The SMILES string of the molecule is COc1cc(N2CCN(C3CN(C(=O)C4CN(c5ccc6c(c5)C(=O)N(C5CCC(=O)NC5=O)C6=O)C4)C3)CC2)c(-c2cnn(C)c2)cc1N. The van der Waals surface area contributed by atoms with Gasteiger partial charge >= 0.3 is 0 Å². The van der Waals surface area contributed by atoms with Crippen LogP contribution in [0.25, 0.3) is 11.1 Å². The molecule has 4 fully saturated rings. The van der Waals surface area contributed by atoms with Crippen LogP contribution in [0.5, 0.6) is 5.75 Å². The number of carbonyl (C=O) groups is 5. The molecule has 5 amide bonds. The van der Waals surface area contributed by atoms with E-state index in [4.69, 9.17) is 10.5 Å². The van der Waals surface area contributed by atoms with Crippen molar-refractivity contribution in [2.75, 3.05) is 75.0 Å². The molecule has 1 atom stereocenters. The van der Waals surface area contributed by atoms with Crippen molar-refractivity contribution < 1.29 is 28.7 Å². The monoisotopic (exact) mass is 681 g/mol. The molecule has 0 bridgehead atoms. The minimum absolute atomic E-state index is 0.0708. The first-order valence-electron chi connectivity index (χ1n) is 16.9. The van der Waals surface area contributed by atoms with Crippen molar-refractivity contribution in [1.82, 2.24) is 29.8 Å². The van der Waals surface area contributed by atoms with Gasteiger partial charge in [-0.25, -0.2) is 0 Å². The summed E-state index contributed by atoms with van der Waals surface area (Å²) >= 11 is 0. The number of nitrogens with one attached hydrogen (secondary N) is 1. The number of imide groups is 2. The number of fused-ring (bicyclic) bond motifs is 1. The van der Waals surface area contributed by atoms with Crippen LogP contribution >= 0.6 is 0 Å². The molecule has 0 radical (unpaired) electrons. The maximum absolute atomic E-state index is 13.3. The Morgan fingerprint density at radius 3 is 2.34 bits per heavy atom. The zero-order valence-corrected chi connectivity index (χ0v) is 28.0. The van der Waals surface area contributed by atoms with Crippen molar-refractivity contribution >= 4 is 46.6 Å². The number of carbonyl (C=O) groups excluding carboxylic acids is 5. The molecule has 0 spiro atoms. The highest BCUT2D eigenvalue weighted by atomic mass is 16.5. The van der Waals surface area contributed by atoms with Crippen molar-refractivity contribution in [3.8, 4) is 16.9 Å². The van der Waals surface area contributed by atoms with Crippen LogP contribution in [0.15, 0.2) is 42.7 Å². The second-order valence-corrected chi connectivity index (χ2v) is 13.7. The summed E-state index contributed by atoms with van der Waals surface area (Å²) in [7, 11) is 3.52. The number of likely N-dealkylation sites (tertiary alicyclic amines) is 1. The van der Waals surface area contributed by atoms with Crippen LogP contribution in [0.3, 0.4) is 0 Å². The first kappa shape index (κ1) is 31.8. The van der Waals surface area contributed by atoms with E-state index in [9.17, 15) is 24.0 Å². The number of nitrogen functional groups attached to an aromatic ring is 1. The average Bonchev–Trinajstić information content (AvgIpc) is 3.60. The highest BCUT2D eigenvalue weighted by Crippen LogP contribution is 2.39. The van der Waals surface area contributed by atoms with Crippen LogP contribution in [0, 0.1) is 5.92 Å². The highest BCUT2D eigenvalue weighted by Gasteiger charge is 2.46. The van der Waals surface area contributed by atoms with E-state index in [0.29, 0.717) is 43.7 Å². The van der Waals surface area contributed by atoms with Gasteiger partial charge in [0.05, 0.1) is 36.0 Å². The number of nitrogens with two attached hydrogens (primary N) is 1. The summed E-state index contributed by atoms with van der Waals surface area (Å²) in [6.07, 6.45) is 4.01. The molecule has 260 valence electrons. The molecule has 1 unspecified atom stereocenters. The molecular weight excluding hydrogens is 642 g/mol. The quantitative estimate of drug-likeness (QED) is 0.264. The van der Waals surface area contributed by atoms with E-state index in [0.717, 1.165) is 53.6 Å². The van der Waals surface area contributed by atoms with Crippen LogP contribution in [0.4, 0.5) is 17.1 Å². The van der Waals surface area contributed by atoms with E-state index < -0.39 is 29.7 Å². The fraction of sp³-hybridized carbons (Fsp3) is 0.429. The third kappa shape index (κ3) is 5.32. The van der Waals surface area contributed by atoms with Gasteiger partial charge < -0.3 is 25.2 Å². The normalized spacial score (nSPS) is 21.7. The minimum Gasteiger partial charge on any atom is -0.495 e. The summed E-state index contributed by atoms with van der Waals surface area (Å²) in [6, 6.07) is 8.33. The summed E-state index contributed by atoms with van der Waals surface area (Å²) in [5, 5.41) is 6.56. The Morgan fingerprint density at radius 2 is 1.66 bits per heavy atom. The largest absolute Gasteiger partial charge is 0.495 e. The van der Waals surface area contributed by atoms with Crippen molar-refractivity contribution in [3.63, 3.8) is 0 Å². The summed E-state index contributed by atoms with van der Waals surface area (Å²) in [5.74, 6) is -1.46. The number of nitrogens with zero attached hydrogens (tertiary/aromatic N) is 7. The van der Waals surface area contributed by atoms with Gasteiger partial charge in [-0.15, -0.1) is 0 Å². The van der Waals surface area contributed by atoms with Crippen molar-refractivity contribution in [2.24, 2.45) is 13.0 Å². The van der Waals surface area contributed by atoms with Gasteiger partial charge in [0, 0.05) is 107 Å². The predicted octanol–water partition coefficient (Wildman–Crippen LogP) is 0.548. The van der Waals surface area contributed by atoms with Crippen LogP contribution in [0.2, 0.25) is 0 Å². The number of aryl methyl sites for hydroxylation is 1. The van der Waals surface area contributed by atoms with Crippen molar-refractivity contribution in [1.29, 1.82) is 0 Å². The number of hydrogen-bond acceptors (Lipinski definition) is 11. The molecule has 15 heteroatoms. The Hall–Kier alpha value is -5.44. The maximum Gasteiger partial charge on any atom is 0.262 e. The molecule has 50 heavy (non-hydrogen) atoms. The summed E-state index contributed by atoms with van der Waals surface area (Å²) in [6.45, 7) is 5.90.